The minimum absolute atomic E-state index is 0.177. The molecule has 0 aliphatic rings. The summed E-state index contributed by atoms with van der Waals surface area (Å²) in [6.07, 6.45) is -1.05. The zero-order chi connectivity index (χ0) is 12.0. The largest absolute Gasteiger partial charge is 0.496 e. The average Bonchev–Trinajstić information content (AvgIpc) is 2.29. The van der Waals surface area contributed by atoms with Crippen LogP contribution in [-0.2, 0) is 9.53 Å². The van der Waals surface area contributed by atoms with Crippen LogP contribution in [-0.4, -0.2) is 30.7 Å². The van der Waals surface area contributed by atoms with Gasteiger partial charge in [0.15, 0.2) is 6.10 Å². The Morgan fingerprint density at radius 3 is 2.75 bits per heavy atom. The van der Waals surface area contributed by atoms with Crippen LogP contribution in [0, 0.1) is 0 Å². The monoisotopic (exact) mass is 244 g/mol. The molecule has 0 heterocycles. The maximum Gasteiger partial charge on any atom is 0.337 e. The van der Waals surface area contributed by atoms with E-state index in [2.05, 4.69) is 0 Å². The molecule has 1 unspecified atom stereocenters. The highest BCUT2D eigenvalue weighted by Crippen LogP contribution is 2.27. The molecule has 5 heteroatoms. The first-order chi connectivity index (χ1) is 7.70. The molecule has 16 heavy (non-hydrogen) atoms. The molecule has 0 saturated carbocycles. The maximum absolute atomic E-state index is 11.1. The summed E-state index contributed by atoms with van der Waals surface area (Å²) in [4.78, 5) is 11.1. The minimum atomic E-state index is -1.06. The molecule has 1 aromatic carbocycles. The number of benzene rings is 1. The predicted molar refractivity (Wildman–Crippen MR) is 60.0 cm³/mol. The highest BCUT2D eigenvalue weighted by Gasteiger charge is 2.23. The molecule has 0 aliphatic carbocycles. The molecule has 0 radical (unpaired) electrons. The van der Waals surface area contributed by atoms with E-state index in [9.17, 15) is 4.79 Å². The van der Waals surface area contributed by atoms with Crippen LogP contribution in [0.1, 0.15) is 11.7 Å². The Morgan fingerprint density at radius 2 is 2.19 bits per heavy atom. The maximum atomic E-state index is 11.1. The summed E-state index contributed by atoms with van der Waals surface area (Å²) in [6, 6.07) is 6.85. The van der Waals surface area contributed by atoms with Crippen molar-refractivity contribution < 1.29 is 19.4 Å². The van der Waals surface area contributed by atoms with Crippen molar-refractivity contribution in [2.45, 2.75) is 6.10 Å². The second-order valence-corrected chi connectivity index (χ2v) is 3.40. The van der Waals surface area contributed by atoms with Gasteiger partial charge in [-0.25, -0.2) is 4.79 Å². The number of ether oxygens (including phenoxy) is 2. The highest BCUT2D eigenvalue weighted by atomic mass is 35.5. The van der Waals surface area contributed by atoms with Crippen molar-refractivity contribution in [3.8, 4) is 5.75 Å². The molecule has 0 aromatic heterocycles. The molecule has 1 rings (SSSR count). The quantitative estimate of drug-likeness (QED) is 0.779. The average molecular weight is 245 g/mol. The van der Waals surface area contributed by atoms with Gasteiger partial charge in [0.25, 0.3) is 0 Å². The highest BCUT2D eigenvalue weighted by molar-refractivity contribution is 6.17. The van der Waals surface area contributed by atoms with E-state index in [-0.39, 0.29) is 12.5 Å². The lowest BCUT2D eigenvalue weighted by Crippen LogP contribution is -2.17. The summed E-state index contributed by atoms with van der Waals surface area (Å²) in [5.74, 6) is -0.321. The van der Waals surface area contributed by atoms with Crippen LogP contribution in [0.15, 0.2) is 24.3 Å². The van der Waals surface area contributed by atoms with Gasteiger partial charge in [0, 0.05) is 11.4 Å². The van der Waals surface area contributed by atoms with E-state index in [1.165, 1.54) is 7.11 Å². The van der Waals surface area contributed by atoms with Crippen molar-refractivity contribution in [1.29, 1.82) is 0 Å². The third-order valence-electron chi connectivity index (χ3n) is 2.01. The van der Waals surface area contributed by atoms with Crippen molar-refractivity contribution in [3.05, 3.63) is 29.8 Å². The predicted octanol–water partition coefficient (Wildman–Crippen LogP) is 2.08. The van der Waals surface area contributed by atoms with Gasteiger partial charge < -0.3 is 14.6 Å². The SMILES string of the molecule is COc1ccccc1C(OCCCl)C(=O)O. The van der Waals surface area contributed by atoms with E-state index < -0.39 is 12.1 Å². The molecule has 0 saturated heterocycles. The van der Waals surface area contributed by atoms with Gasteiger partial charge in [-0.05, 0) is 6.07 Å². The van der Waals surface area contributed by atoms with E-state index in [1.54, 1.807) is 24.3 Å². The Hall–Kier alpha value is -1.26. The fraction of sp³-hybridized carbons (Fsp3) is 0.364. The molecule has 0 fully saturated rings. The third-order valence-corrected chi connectivity index (χ3v) is 2.16. The van der Waals surface area contributed by atoms with Crippen LogP contribution >= 0.6 is 11.6 Å². The molecular formula is C11H13ClO4. The van der Waals surface area contributed by atoms with Crippen LogP contribution in [0.3, 0.4) is 0 Å². The van der Waals surface area contributed by atoms with Crippen LogP contribution in [0.4, 0.5) is 0 Å². The summed E-state index contributed by atoms with van der Waals surface area (Å²) >= 11 is 5.46. The van der Waals surface area contributed by atoms with Crippen molar-refractivity contribution >= 4 is 17.6 Å². The standard InChI is InChI=1S/C11H13ClO4/c1-15-9-5-3-2-4-8(9)10(11(13)14)16-7-6-12/h2-5,10H,6-7H2,1H3,(H,13,14). The van der Waals surface area contributed by atoms with Gasteiger partial charge in [-0.1, -0.05) is 18.2 Å². The summed E-state index contributed by atoms with van der Waals surface area (Å²) in [5.41, 5.74) is 0.489. The molecular weight excluding hydrogens is 232 g/mol. The first kappa shape index (κ1) is 12.8. The number of hydrogen-bond acceptors (Lipinski definition) is 3. The molecule has 0 aliphatic heterocycles. The number of carbonyl (C=O) groups is 1. The summed E-state index contributed by atoms with van der Waals surface area (Å²) in [7, 11) is 1.49. The van der Waals surface area contributed by atoms with Crippen molar-refractivity contribution in [2.24, 2.45) is 0 Å². The Bertz CT molecular complexity index is 354. The second-order valence-electron chi connectivity index (χ2n) is 3.02. The Labute approximate surface area is 98.7 Å². The Balaban J connectivity index is 2.95. The molecule has 1 N–H and O–H groups in total. The van der Waals surface area contributed by atoms with Gasteiger partial charge in [-0.3, -0.25) is 0 Å². The summed E-state index contributed by atoms with van der Waals surface area (Å²) in [5, 5.41) is 9.05. The van der Waals surface area contributed by atoms with Crippen LogP contribution in [0.25, 0.3) is 0 Å². The van der Waals surface area contributed by atoms with E-state index >= 15 is 0 Å². The number of halogens is 1. The Morgan fingerprint density at radius 1 is 1.50 bits per heavy atom. The topological polar surface area (TPSA) is 55.8 Å². The lowest BCUT2D eigenvalue weighted by Gasteiger charge is -2.16. The lowest BCUT2D eigenvalue weighted by molar-refractivity contribution is -0.150. The molecule has 1 atom stereocenters. The minimum Gasteiger partial charge on any atom is -0.496 e. The molecule has 88 valence electrons. The zero-order valence-electron chi connectivity index (χ0n) is 8.85. The van der Waals surface area contributed by atoms with Gasteiger partial charge in [0.05, 0.1) is 13.7 Å². The zero-order valence-corrected chi connectivity index (χ0v) is 9.61. The number of carboxylic acids is 1. The van der Waals surface area contributed by atoms with Gasteiger partial charge in [-0.15, -0.1) is 11.6 Å². The van der Waals surface area contributed by atoms with Crippen molar-refractivity contribution in [2.75, 3.05) is 19.6 Å². The fourth-order valence-corrected chi connectivity index (χ4v) is 1.43. The summed E-state index contributed by atoms with van der Waals surface area (Å²) in [6.45, 7) is 0.177. The van der Waals surface area contributed by atoms with E-state index in [1.807, 2.05) is 0 Å². The van der Waals surface area contributed by atoms with Crippen LogP contribution in [0.5, 0.6) is 5.75 Å². The molecule has 0 spiro atoms. The van der Waals surface area contributed by atoms with Gasteiger partial charge in [-0.2, -0.15) is 0 Å². The number of rotatable bonds is 6. The van der Waals surface area contributed by atoms with Crippen molar-refractivity contribution in [3.63, 3.8) is 0 Å². The number of aliphatic carboxylic acids is 1. The van der Waals surface area contributed by atoms with Gasteiger partial charge in [0.1, 0.15) is 5.75 Å². The van der Waals surface area contributed by atoms with E-state index in [4.69, 9.17) is 26.2 Å². The number of carboxylic acid groups (broad SMARTS) is 1. The Kier molecular flexibility index (Phi) is 5.08. The molecule has 4 nitrogen and oxygen atoms in total. The number of hydrogen-bond donors (Lipinski definition) is 1. The first-order valence-electron chi connectivity index (χ1n) is 4.74. The molecule has 1 aromatic rings. The molecule has 0 amide bonds. The molecule has 0 bridgehead atoms. The second kappa shape index (κ2) is 6.35. The summed E-state index contributed by atoms with van der Waals surface area (Å²) < 4.78 is 10.2. The number of para-hydroxylation sites is 1. The smallest absolute Gasteiger partial charge is 0.337 e. The van der Waals surface area contributed by atoms with Gasteiger partial charge >= 0.3 is 5.97 Å². The van der Waals surface area contributed by atoms with Crippen molar-refractivity contribution in [1.82, 2.24) is 0 Å². The first-order valence-corrected chi connectivity index (χ1v) is 5.27. The van der Waals surface area contributed by atoms with Crippen LogP contribution in [0.2, 0.25) is 0 Å². The lowest BCUT2D eigenvalue weighted by atomic mass is 10.1. The number of alkyl halides is 1. The normalized spacial score (nSPS) is 12.1. The third kappa shape index (κ3) is 3.12. The van der Waals surface area contributed by atoms with Gasteiger partial charge in [0.2, 0.25) is 0 Å². The van der Waals surface area contributed by atoms with E-state index in [0.29, 0.717) is 11.3 Å². The number of methoxy groups -OCH3 is 1. The van der Waals surface area contributed by atoms with Crippen LogP contribution < -0.4 is 4.74 Å². The fourth-order valence-electron chi connectivity index (χ4n) is 1.34. The van der Waals surface area contributed by atoms with E-state index in [0.717, 1.165) is 0 Å².